The molecule has 0 unspecified atom stereocenters. The summed E-state index contributed by atoms with van der Waals surface area (Å²) >= 11 is 12.3. The average molecular weight is 337 g/mol. The fraction of sp³-hybridized carbons (Fsp3) is 0.125. The molecular formula is C16H14Cl2N2O2. The summed E-state index contributed by atoms with van der Waals surface area (Å²) in [7, 11) is 1.31. The maximum Gasteiger partial charge on any atom is 0.327 e. The number of esters is 1. The van der Waals surface area contributed by atoms with Crippen molar-refractivity contribution in [1.29, 1.82) is 0 Å². The molecular weight excluding hydrogens is 323 g/mol. The van der Waals surface area contributed by atoms with Gasteiger partial charge in [-0.15, -0.1) is 0 Å². The first kappa shape index (κ1) is 16.3. The zero-order chi connectivity index (χ0) is 16.1. The molecule has 0 radical (unpaired) electrons. The van der Waals surface area contributed by atoms with E-state index in [1.165, 1.54) is 7.11 Å². The van der Waals surface area contributed by atoms with E-state index in [1.807, 2.05) is 12.1 Å². The van der Waals surface area contributed by atoms with Gasteiger partial charge in [0, 0.05) is 26.9 Å². The van der Waals surface area contributed by atoms with Crippen molar-refractivity contribution < 1.29 is 9.53 Å². The van der Waals surface area contributed by atoms with Gasteiger partial charge in [0.05, 0.1) is 12.8 Å². The monoisotopic (exact) mass is 336 g/mol. The highest BCUT2D eigenvalue weighted by atomic mass is 35.5. The smallest absolute Gasteiger partial charge is 0.327 e. The van der Waals surface area contributed by atoms with Crippen LogP contribution in [-0.4, -0.2) is 25.3 Å². The molecule has 0 saturated heterocycles. The van der Waals surface area contributed by atoms with Crippen LogP contribution in [0.1, 0.15) is 11.1 Å². The van der Waals surface area contributed by atoms with Crippen molar-refractivity contribution in [1.82, 2.24) is 0 Å². The van der Waals surface area contributed by atoms with E-state index in [0.29, 0.717) is 32.6 Å². The number of nitrogens with two attached hydrogens (primary N) is 1. The third-order valence-corrected chi connectivity index (χ3v) is 3.56. The van der Waals surface area contributed by atoms with Crippen LogP contribution >= 0.6 is 23.2 Å². The molecule has 4 nitrogen and oxygen atoms in total. The zero-order valence-corrected chi connectivity index (χ0v) is 13.4. The van der Waals surface area contributed by atoms with Gasteiger partial charge in [0.2, 0.25) is 0 Å². The van der Waals surface area contributed by atoms with Crippen LogP contribution in [-0.2, 0) is 9.53 Å². The Bertz CT molecular complexity index is 730. The number of nitrogens with zero attached hydrogens (tertiary/aromatic N) is 1. The molecule has 0 atom stereocenters. The Kier molecular flexibility index (Phi) is 5.41. The molecule has 0 saturated carbocycles. The van der Waals surface area contributed by atoms with Gasteiger partial charge in [-0.05, 0) is 24.3 Å². The minimum absolute atomic E-state index is 0.136. The van der Waals surface area contributed by atoms with Gasteiger partial charge < -0.3 is 10.5 Å². The highest BCUT2D eigenvalue weighted by Gasteiger charge is 2.14. The summed E-state index contributed by atoms with van der Waals surface area (Å²) in [6.45, 7) is -0.136. The van der Waals surface area contributed by atoms with E-state index >= 15 is 0 Å². The van der Waals surface area contributed by atoms with Gasteiger partial charge in [0.15, 0.2) is 0 Å². The number of ether oxygens (including phenoxy) is 1. The van der Waals surface area contributed by atoms with Crippen molar-refractivity contribution >= 4 is 40.6 Å². The molecule has 6 heteroatoms. The summed E-state index contributed by atoms with van der Waals surface area (Å²) in [6.07, 6.45) is 0. The second-order valence-corrected chi connectivity index (χ2v) is 5.30. The molecule has 0 aliphatic rings. The van der Waals surface area contributed by atoms with Gasteiger partial charge in [-0.2, -0.15) is 0 Å². The van der Waals surface area contributed by atoms with Crippen LogP contribution < -0.4 is 5.73 Å². The third kappa shape index (κ3) is 3.78. The summed E-state index contributed by atoms with van der Waals surface area (Å²) < 4.78 is 4.62. The molecule has 2 N–H and O–H groups in total. The summed E-state index contributed by atoms with van der Waals surface area (Å²) in [5.74, 6) is -0.454. The van der Waals surface area contributed by atoms with Gasteiger partial charge >= 0.3 is 5.97 Å². The van der Waals surface area contributed by atoms with Crippen molar-refractivity contribution in [2.24, 2.45) is 4.99 Å². The minimum atomic E-state index is -0.454. The highest BCUT2D eigenvalue weighted by Crippen LogP contribution is 2.25. The predicted molar refractivity (Wildman–Crippen MR) is 89.8 cm³/mol. The zero-order valence-electron chi connectivity index (χ0n) is 11.8. The number of nitrogen functional groups attached to an aromatic ring is 1. The Balaban J connectivity index is 2.58. The Morgan fingerprint density at radius 1 is 1.18 bits per heavy atom. The van der Waals surface area contributed by atoms with Crippen LogP contribution in [0, 0.1) is 0 Å². The quantitative estimate of drug-likeness (QED) is 0.527. The lowest BCUT2D eigenvalue weighted by Gasteiger charge is -2.12. The molecule has 2 aromatic carbocycles. The second kappa shape index (κ2) is 7.29. The van der Waals surface area contributed by atoms with Crippen molar-refractivity contribution in [3.8, 4) is 0 Å². The number of aliphatic imine (C=N–C) groups is 1. The number of carbonyl (C=O) groups excluding carboxylic acids is 1. The first-order chi connectivity index (χ1) is 10.5. The largest absolute Gasteiger partial charge is 0.468 e. The number of rotatable bonds is 4. The molecule has 0 heterocycles. The van der Waals surface area contributed by atoms with Crippen LogP contribution in [0.25, 0.3) is 0 Å². The van der Waals surface area contributed by atoms with Crippen molar-refractivity contribution in [3.05, 3.63) is 63.6 Å². The third-order valence-electron chi connectivity index (χ3n) is 2.99. The SMILES string of the molecule is COC(=O)C/N=C(\c1cc(Cl)ccc1N)c1ccccc1Cl. The van der Waals surface area contributed by atoms with Gasteiger partial charge in [-0.3, -0.25) is 9.79 Å². The molecule has 2 rings (SSSR count). The van der Waals surface area contributed by atoms with E-state index in [-0.39, 0.29) is 6.54 Å². The van der Waals surface area contributed by atoms with E-state index in [0.717, 1.165) is 0 Å². The second-order valence-electron chi connectivity index (χ2n) is 4.45. The van der Waals surface area contributed by atoms with Crippen LogP contribution in [0.3, 0.4) is 0 Å². The van der Waals surface area contributed by atoms with Crippen molar-refractivity contribution in [2.75, 3.05) is 19.4 Å². The van der Waals surface area contributed by atoms with Gasteiger partial charge in [-0.1, -0.05) is 41.4 Å². The maximum absolute atomic E-state index is 11.4. The molecule has 0 bridgehead atoms. The predicted octanol–water partition coefficient (Wildman–Crippen LogP) is 3.59. The summed E-state index contributed by atoms with van der Waals surface area (Å²) in [4.78, 5) is 15.7. The van der Waals surface area contributed by atoms with E-state index in [9.17, 15) is 4.79 Å². The molecule has 0 amide bonds. The van der Waals surface area contributed by atoms with E-state index < -0.39 is 5.97 Å². The molecule has 0 spiro atoms. The number of benzene rings is 2. The summed E-state index contributed by atoms with van der Waals surface area (Å²) in [5.41, 5.74) is 8.29. The number of anilines is 1. The topological polar surface area (TPSA) is 64.7 Å². The normalized spacial score (nSPS) is 11.3. The van der Waals surface area contributed by atoms with Crippen molar-refractivity contribution in [2.45, 2.75) is 0 Å². The molecule has 0 aliphatic heterocycles. The summed E-state index contributed by atoms with van der Waals surface area (Å²) in [5, 5.41) is 1.02. The maximum atomic E-state index is 11.4. The Morgan fingerprint density at radius 2 is 1.91 bits per heavy atom. The average Bonchev–Trinajstić information content (AvgIpc) is 2.52. The Labute approximate surface area is 138 Å². The Hall–Kier alpha value is -2.04. The first-order valence-corrected chi connectivity index (χ1v) is 7.20. The molecule has 2 aromatic rings. The van der Waals surface area contributed by atoms with Crippen LogP contribution in [0.5, 0.6) is 0 Å². The lowest BCUT2D eigenvalue weighted by molar-refractivity contribution is -0.138. The number of halogens is 2. The number of methoxy groups -OCH3 is 1. The fourth-order valence-corrected chi connectivity index (χ4v) is 2.31. The Morgan fingerprint density at radius 3 is 2.59 bits per heavy atom. The van der Waals surface area contributed by atoms with E-state index in [4.69, 9.17) is 28.9 Å². The molecule has 0 aromatic heterocycles. The molecule has 22 heavy (non-hydrogen) atoms. The van der Waals surface area contributed by atoms with Gasteiger partial charge in [0.25, 0.3) is 0 Å². The number of hydrogen-bond donors (Lipinski definition) is 1. The molecule has 114 valence electrons. The van der Waals surface area contributed by atoms with Crippen LogP contribution in [0.4, 0.5) is 5.69 Å². The standard InChI is InChI=1S/C16H14Cl2N2O2/c1-22-15(21)9-20-16(11-4-2-3-5-13(11)18)12-8-10(17)6-7-14(12)19/h2-8H,9,19H2,1H3/b20-16-. The van der Waals surface area contributed by atoms with E-state index in [1.54, 1.807) is 30.3 Å². The van der Waals surface area contributed by atoms with Crippen molar-refractivity contribution in [3.63, 3.8) is 0 Å². The van der Waals surface area contributed by atoms with Gasteiger partial charge in [0.1, 0.15) is 6.54 Å². The van der Waals surface area contributed by atoms with E-state index in [2.05, 4.69) is 9.73 Å². The highest BCUT2D eigenvalue weighted by molar-refractivity contribution is 6.36. The van der Waals surface area contributed by atoms with Crippen LogP contribution in [0.15, 0.2) is 47.5 Å². The van der Waals surface area contributed by atoms with Gasteiger partial charge in [-0.25, -0.2) is 0 Å². The summed E-state index contributed by atoms with van der Waals surface area (Å²) in [6, 6.07) is 12.2. The molecule has 0 aliphatic carbocycles. The van der Waals surface area contributed by atoms with Crippen LogP contribution in [0.2, 0.25) is 10.0 Å². The minimum Gasteiger partial charge on any atom is -0.468 e. The fourth-order valence-electron chi connectivity index (χ4n) is 1.91. The number of hydrogen-bond acceptors (Lipinski definition) is 4. The number of carbonyl (C=O) groups is 1. The molecule has 0 fully saturated rings. The lowest BCUT2D eigenvalue weighted by atomic mass is 10.0. The lowest BCUT2D eigenvalue weighted by Crippen LogP contribution is -2.12. The first-order valence-electron chi connectivity index (χ1n) is 6.44.